The van der Waals surface area contributed by atoms with Gasteiger partial charge in [0.15, 0.2) is 0 Å². The van der Waals surface area contributed by atoms with Crippen molar-refractivity contribution in [2.24, 2.45) is 0 Å². The number of carbonyl (C=O) groups is 1. The average Bonchev–Trinajstić information content (AvgIpc) is 3.01. The Morgan fingerprint density at radius 2 is 0.977 bits per heavy atom. The lowest BCUT2D eigenvalue weighted by molar-refractivity contribution is -0.124. The fourth-order valence-electron chi connectivity index (χ4n) is 5.47. The topological polar surface area (TPSA) is 89.8 Å². The highest BCUT2D eigenvalue weighted by Gasteiger charge is 2.20. The van der Waals surface area contributed by atoms with Gasteiger partial charge in [-0.15, -0.1) is 0 Å². The SMILES string of the molecule is CCCCCCC/C=C/CC/C=C/C(O)C(CO)NC(=O)CC(O)CCCCCCC/C=C\CCCCCCCCCCC. The van der Waals surface area contributed by atoms with Crippen LogP contribution in [0.3, 0.4) is 0 Å². The molecule has 3 atom stereocenters. The van der Waals surface area contributed by atoms with Gasteiger partial charge in [-0.2, -0.15) is 0 Å². The van der Waals surface area contributed by atoms with Crippen molar-refractivity contribution in [1.29, 1.82) is 0 Å². The Kier molecular flexibility index (Phi) is 33.3. The zero-order valence-corrected chi connectivity index (χ0v) is 29.0. The summed E-state index contributed by atoms with van der Waals surface area (Å²) in [4.78, 5) is 12.3. The molecule has 0 bridgehead atoms. The van der Waals surface area contributed by atoms with Gasteiger partial charge in [0.2, 0.25) is 5.91 Å². The van der Waals surface area contributed by atoms with Gasteiger partial charge in [-0.1, -0.05) is 153 Å². The third-order valence-electron chi connectivity index (χ3n) is 8.40. The molecule has 0 aliphatic rings. The van der Waals surface area contributed by atoms with E-state index < -0.39 is 18.2 Å². The lowest BCUT2D eigenvalue weighted by Crippen LogP contribution is -2.45. The summed E-state index contributed by atoms with van der Waals surface area (Å²) < 4.78 is 0. The number of nitrogens with one attached hydrogen (secondary N) is 1. The molecule has 4 N–H and O–H groups in total. The lowest BCUT2D eigenvalue weighted by Gasteiger charge is -2.20. The van der Waals surface area contributed by atoms with Crippen molar-refractivity contribution >= 4 is 5.91 Å². The first-order valence-corrected chi connectivity index (χ1v) is 18.8. The molecular formula is C39H73NO4. The Hall–Kier alpha value is -1.43. The highest BCUT2D eigenvalue weighted by molar-refractivity contribution is 5.76. The van der Waals surface area contributed by atoms with Crippen LogP contribution in [-0.4, -0.2) is 46.1 Å². The third kappa shape index (κ3) is 30.6. The van der Waals surface area contributed by atoms with E-state index in [4.69, 9.17) is 0 Å². The minimum Gasteiger partial charge on any atom is -0.394 e. The molecule has 0 aromatic carbocycles. The molecular weight excluding hydrogens is 546 g/mol. The summed E-state index contributed by atoms with van der Waals surface area (Å²) in [6.07, 6.45) is 41.3. The maximum atomic E-state index is 12.3. The van der Waals surface area contributed by atoms with E-state index in [0.29, 0.717) is 6.42 Å². The van der Waals surface area contributed by atoms with Crippen LogP contribution in [0.4, 0.5) is 0 Å². The Balaban J connectivity index is 3.75. The van der Waals surface area contributed by atoms with Crippen LogP contribution in [0.15, 0.2) is 36.5 Å². The van der Waals surface area contributed by atoms with Crippen LogP contribution in [0.25, 0.3) is 0 Å². The standard InChI is InChI=1S/C39H73NO4/c1-3-5-7-9-11-13-15-16-17-18-19-20-21-23-24-26-28-30-32-36(42)34-39(44)40-37(35-41)38(43)33-31-29-27-25-22-14-12-10-8-6-4-2/h19-20,22,25,31,33,36-38,41-43H,3-18,21,23-24,26-30,32,34-35H2,1-2H3,(H,40,44)/b20-19-,25-22+,33-31+. The molecule has 0 spiro atoms. The Bertz CT molecular complexity index is 690. The van der Waals surface area contributed by atoms with E-state index in [2.05, 4.69) is 43.5 Å². The number of amides is 1. The fourth-order valence-corrected chi connectivity index (χ4v) is 5.47. The van der Waals surface area contributed by atoms with Crippen molar-refractivity contribution in [2.45, 2.75) is 199 Å². The van der Waals surface area contributed by atoms with Gasteiger partial charge in [-0.05, 0) is 57.8 Å². The zero-order chi connectivity index (χ0) is 32.4. The maximum Gasteiger partial charge on any atom is 0.222 e. The van der Waals surface area contributed by atoms with Gasteiger partial charge in [0, 0.05) is 0 Å². The van der Waals surface area contributed by atoms with E-state index in [-0.39, 0.29) is 18.9 Å². The summed E-state index contributed by atoms with van der Waals surface area (Å²) in [6.45, 7) is 4.16. The maximum absolute atomic E-state index is 12.3. The van der Waals surface area contributed by atoms with E-state index in [0.717, 1.165) is 44.9 Å². The molecule has 0 saturated heterocycles. The van der Waals surface area contributed by atoms with Crippen LogP contribution < -0.4 is 5.32 Å². The minimum atomic E-state index is -0.951. The molecule has 0 rings (SSSR count). The molecule has 44 heavy (non-hydrogen) atoms. The molecule has 0 aliphatic heterocycles. The highest BCUT2D eigenvalue weighted by Crippen LogP contribution is 2.13. The molecule has 258 valence electrons. The van der Waals surface area contributed by atoms with Crippen molar-refractivity contribution in [2.75, 3.05) is 6.61 Å². The highest BCUT2D eigenvalue weighted by atomic mass is 16.3. The predicted molar refractivity (Wildman–Crippen MR) is 190 cm³/mol. The molecule has 1 amide bonds. The van der Waals surface area contributed by atoms with E-state index in [9.17, 15) is 20.1 Å². The first kappa shape index (κ1) is 42.6. The molecule has 3 unspecified atom stereocenters. The normalized spacial score (nSPS) is 14.2. The largest absolute Gasteiger partial charge is 0.394 e. The fraction of sp³-hybridized carbons (Fsp3) is 0.821. The summed E-state index contributed by atoms with van der Waals surface area (Å²) in [7, 11) is 0. The van der Waals surface area contributed by atoms with Crippen molar-refractivity contribution in [3.05, 3.63) is 36.5 Å². The molecule has 0 heterocycles. The summed E-state index contributed by atoms with van der Waals surface area (Å²) >= 11 is 0. The predicted octanol–water partition coefficient (Wildman–Crippen LogP) is 10.0. The summed E-state index contributed by atoms with van der Waals surface area (Å²) in [5.41, 5.74) is 0. The molecule has 0 aliphatic carbocycles. The molecule has 0 fully saturated rings. The van der Waals surface area contributed by atoms with E-state index in [1.807, 2.05) is 6.08 Å². The number of allylic oxidation sites excluding steroid dienone is 5. The second-order valence-corrected chi connectivity index (χ2v) is 12.8. The van der Waals surface area contributed by atoms with Crippen LogP contribution in [0, 0.1) is 0 Å². The smallest absolute Gasteiger partial charge is 0.222 e. The average molecular weight is 620 g/mol. The first-order chi connectivity index (χ1) is 21.5. The number of aliphatic hydroxyl groups is 3. The van der Waals surface area contributed by atoms with Crippen LogP contribution in [0.2, 0.25) is 0 Å². The van der Waals surface area contributed by atoms with Gasteiger partial charge in [-0.25, -0.2) is 0 Å². The van der Waals surface area contributed by atoms with Crippen molar-refractivity contribution in [3.63, 3.8) is 0 Å². The van der Waals surface area contributed by atoms with Crippen LogP contribution in [0.5, 0.6) is 0 Å². The van der Waals surface area contributed by atoms with Gasteiger partial charge in [0.1, 0.15) is 0 Å². The Morgan fingerprint density at radius 3 is 1.45 bits per heavy atom. The van der Waals surface area contributed by atoms with Gasteiger partial charge < -0.3 is 20.6 Å². The molecule has 0 aromatic heterocycles. The van der Waals surface area contributed by atoms with Gasteiger partial charge in [0.25, 0.3) is 0 Å². The van der Waals surface area contributed by atoms with E-state index in [1.165, 1.54) is 109 Å². The lowest BCUT2D eigenvalue weighted by atomic mass is 10.0. The number of hydrogen-bond acceptors (Lipinski definition) is 4. The molecule has 0 aromatic rings. The molecule has 5 heteroatoms. The number of aliphatic hydroxyl groups excluding tert-OH is 3. The second kappa shape index (κ2) is 34.4. The Labute approximate surface area is 273 Å². The molecule has 5 nitrogen and oxygen atoms in total. The van der Waals surface area contributed by atoms with Crippen LogP contribution >= 0.6 is 0 Å². The van der Waals surface area contributed by atoms with Gasteiger partial charge >= 0.3 is 0 Å². The number of carbonyl (C=O) groups excluding carboxylic acids is 1. The van der Waals surface area contributed by atoms with Crippen molar-refractivity contribution < 1.29 is 20.1 Å². The number of hydrogen-bond donors (Lipinski definition) is 4. The van der Waals surface area contributed by atoms with Gasteiger partial charge in [-0.3, -0.25) is 4.79 Å². The van der Waals surface area contributed by atoms with E-state index in [1.54, 1.807) is 6.08 Å². The first-order valence-electron chi connectivity index (χ1n) is 18.8. The summed E-state index contributed by atoms with van der Waals surface area (Å²) in [5.74, 6) is -0.333. The van der Waals surface area contributed by atoms with Crippen molar-refractivity contribution in [3.8, 4) is 0 Å². The van der Waals surface area contributed by atoms with E-state index >= 15 is 0 Å². The zero-order valence-electron chi connectivity index (χ0n) is 29.0. The molecule has 0 saturated carbocycles. The second-order valence-electron chi connectivity index (χ2n) is 12.8. The quantitative estimate of drug-likeness (QED) is 0.0435. The third-order valence-corrected chi connectivity index (χ3v) is 8.40. The summed E-state index contributed by atoms with van der Waals surface area (Å²) in [5, 5.41) is 33.0. The van der Waals surface area contributed by atoms with Gasteiger partial charge in [0.05, 0.1) is 31.3 Å². The summed E-state index contributed by atoms with van der Waals surface area (Å²) in [6, 6.07) is -0.760. The van der Waals surface area contributed by atoms with Crippen molar-refractivity contribution in [1.82, 2.24) is 5.32 Å². The number of unbranched alkanes of at least 4 members (excludes halogenated alkanes) is 20. The number of rotatable bonds is 33. The minimum absolute atomic E-state index is 0.0000726. The van der Waals surface area contributed by atoms with Crippen LogP contribution in [-0.2, 0) is 4.79 Å². The Morgan fingerprint density at radius 1 is 0.568 bits per heavy atom. The molecule has 0 radical (unpaired) electrons. The van der Waals surface area contributed by atoms with Crippen LogP contribution in [0.1, 0.15) is 181 Å². The monoisotopic (exact) mass is 620 g/mol.